The number of urea groups is 1. The van der Waals surface area contributed by atoms with Gasteiger partial charge in [0.2, 0.25) is 5.89 Å². The normalized spacial score (nSPS) is 10.5. The average Bonchev–Trinajstić information content (AvgIpc) is 2.98. The van der Waals surface area contributed by atoms with Gasteiger partial charge in [-0.15, -0.1) is 0 Å². The Morgan fingerprint density at radius 2 is 1.92 bits per heavy atom. The molecule has 0 fully saturated rings. The van der Waals surface area contributed by atoms with Gasteiger partial charge in [-0.25, -0.2) is 9.78 Å². The summed E-state index contributed by atoms with van der Waals surface area (Å²) in [5.41, 5.74) is 3.18. The third-order valence-corrected chi connectivity index (χ3v) is 4.17. The molecule has 0 radical (unpaired) electrons. The minimum atomic E-state index is -0.330. The topological polar surface area (TPSA) is 67.2 Å². The number of carbonyl (C=O) groups is 1. The van der Waals surface area contributed by atoms with Crippen LogP contribution in [0, 0.1) is 13.8 Å². The third-order valence-electron chi connectivity index (χ3n) is 3.76. The van der Waals surface area contributed by atoms with Gasteiger partial charge >= 0.3 is 6.03 Å². The van der Waals surface area contributed by atoms with Crippen molar-refractivity contribution in [1.82, 2.24) is 10.3 Å². The fourth-order valence-electron chi connectivity index (χ4n) is 2.31. The molecule has 1 aromatic heterocycles. The molecule has 1 heterocycles. The van der Waals surface area contributed by atoms with Crippen LogP contribution >= 0.6 is 11.6 Å². The van der Waals surface area contributed by atoms with Crippen LogP contribution in [0.5, 0.6) is 0 Å². The Labute approximate surface area is 151 Å². The molecule has 0 spiro atoms. The summed E-state index contributed by atoms with van der Waals surface area (Å²) in [4.78, 5) is 16.5. The number of rotatable bonds is 4. The summed E-state index contributed by atoms with van der Waals surface area (Å²) >= 11 is 6.06. The molecule has 0 saturated carbocycles. The summed E-state index contributed by atoms with van der Waals surface area (Å²) in [6, 6.07) is 14.7. The lowest BCUT2D eigenvalue weighted by Gasteiger charge is -2.08. The molecular weight excluding hydrogens is 338 g/mol. The molecule has 128 valence electrons. The summed E-state index contributed by atoms with van der Waals surface area (Å²) in [6.45, 7) is 4.01. The molecule has 0 unspecified atom stereocenters. The van der Waals surface area contributed by atoms with Gasteiger partial charge in [0.25, 0.3) is 0 Å². The molecule has 5 nitrogen and oxygen atoms in total. The van der Waals surface area contributed by atoms with E-state index in [1.54, 1.807) is 12.1 Å². The average molecular weight is 356 g/mol. The van der Waals surface area contributed by atoms with Gasteiger partial charge < -0.3 is 15.1 Å². The van der Waals surface area contributed by atoms with E-state index in [2.05, 4.69) is 15.6 Å². The van der Waals surface area contributed by atoms with Crippen LogP contribution in [0.3, 0.4) is 0 Å². The van der Waals surface area contributed by atoms with E-state index in [-0.39, 0.29) is 12.6 Å². The van der Waals surface area contributed by atoms with Crippen molar-refractivity contribution in [3.63, 3.8) is 0 Å². The Hall–Kier alpha value is -2.79. The molecular formula is C19H18ClN3O2. The van der Waals surface area contributed by atoms with Crippen molar-refractivity contribution in [3.05, 3.63) is 70.6 Å². The molecule has 25 heavy (non-hydrogen) atoms. The monoisotopic (exact) mass is 355 g/mol. The van der Waals surface area contributed by atoms with Crippen LogP contribution in [0.2, 0.25) is 5.02 Å². The summed E-state index contributed by atoms with van der Waals surface area (Å²) in [5, 5.41) is 6.13. The molecule has 0 atom stereocenters. The second-order valence-corrected chi connectivity index (χ2v) is 6.07. The van der Waals surface area contributed by atoms with Gasteiger partial charge in [-0.3, -0.25) is 0 Å². The first-order valence-corrected chi connectivity index (χ1v) is 8.23. The van der Waals surface area contributed by atoms with Crippen LogP contribution in [-0.2, 0) is 6.54 Å². The van der Waals surface area contributed by atoms with E-state index in [1.807, 2.05) is 50.2 Å². The number of nitrogens with zero attached hydrogens (tertiary/aromatic N) is 1. The molecule has 0 aliphatic heterocycles. The maximum absolute atomic E-state index is 12.0. The van der Waals surface area contributed by atoms with Gasteiger partial charge in [-0.05, 0) is 43.7 Å². The Kier molecular flexibility index (Phi) is 5.05. The number of hydrogen-bond acceptors (Lipinski definition) is 3. The van der Waals surface area contributed by atoms with Crippen LogP contribution in [0.15, 0.2) is 52.9 Å². The zero-order valence-corrected chi connectivity index (χ0v) is 14.7. The van der Waals surface area contributed by atoms with Crippen molar-refractivity contribution in [2.75, 3.05) is 5.32 Å². The Balaban J connectivity index is 1.62. The minimum absolute atomic E-state index is 0.271. The number of aryl methyl sites for hydroxylation is 2. The quantitative estimate of drug-likeness (QED) is 0.697. The van der Waals surface area contributed by atoms with E-state index >= 15 is 0 Å². The van der Waals surface area contributed by atoms with Gasteiger partial charge in [0, 0.05) is 16.3 Å². The molecule has 0 aliphatic rings. The molecule has 0 saturated heterocycles. The number of amides is 2. The predicted molar refractivity (Wildman–Crippen MR) is 98.7 cm³/mol. The van der Waals surface area contributed by atoms with Crippen molar-refractivity contribution < 1.29 is 9.21 Å². The lowest BCUT2D eigenvalue weighted by molar-refractivity contribution is 0.251. The zero-order valence-electron chi connectivity index (χ0n) is 14.0. The lowest BCUT2D eigenvalue weighted by Crippen LogP contribution is -2.28. The standard InChI is InChI=1S/C19H18ClN3O2/c1-12-8-9-15(10-16(12)20)22-19(24)21-11-17-13(2)25-18(23-17)14-6-4-3-5-7-14/h3-10H,11H2,1-2H3,(H2,21,22,24). The van der Waals surface area contributed by atoms with Gasteiger partial charge in [0.05, 0.1) is 6.54 Å². The molecule has 2 amide bonds. The second-order valence-electron chi connectivity index (χ2n) is 5.66. The second kappa shape index (κ2) is 7.40. The largest absolute Gasteiger partial charge is 0.441 e. The van der Waals surface area contributed by atoms with Crippen molar-refractivity contribution in [1.29, 1.82) is 0 Å². The summed E-state index contributed by atoms with van der Waals surface area (Å²) in [5.74, 6) is 1.22. The molecule has 2 aromatic carbocycles. The predicted octanol–water partition coefficient (Wildman–Crippen LogP) is 4.93. The highest BCUT2D eigenvalue weighted by atomic mass is 35.5. The van der Waals surface area contributed by atoms with Crippen LogP contribution in [0.4, 0.5) is 10.5 Å². The molecule has 0 bridgehead atoms. The lowest BCUT2D eigenvalue weighted by atomic mass is 10.2. The number of nitrogens with one attached hydrogen (secondary N) is 2. The molecule has 3 rings (SSSR count). The van der Waals surface area contributed by atoms with E-state index in [4.69, 9.17) is 16.0 Å². The van der Waals surface area contributed by atoms with Gasteiger partial charge in [0.15, 0.2) is 0 Å². The number of anilines is 1. The molecule has 6 heteroatoms. The first-order valence-electron chi connectivity index (χ1n) is 7.85. The van der Waals surface area contributed by atoms with E-state index in [0.717, 1.165) is 11.1 Å². The van der Waals surface area contributed by atoms with E-state index < -0.39 is 0 Å². The van der Waals surface area contributed by atoms with Crippen LogP contribution in [-0.4, -0.2) is 11.0 Å². The molecule has 3 aromatic rings. The van der Waals surface area contributed by atoms with Crippen molar-refractivity contribution in [2.45, 2.75) is 20.4 Å². The highest BCUT2D eigenvalue weighted by molar-refractivity contribution is 6.31. The first-order chi connectivity index (χ1) is 12.0. The molecule has 0 aliphatic carbocycles. The number of oxazole rings is 1. The maximum Gasteiger partial charge on any atom is 0.319 e. The number of halogens is 1. The van der Waals surface area contributed by atoms with Crippen molar-refractivity contribution in [3.8, 4) is 11.5 Å². The van der Waals surface area contributed by atoms with E-state index in [1.165, 1.54) is 0 Å². The molecule has 2 N–H and O–H groups in total. The van der Waals surface area contributed by atoms with Crippen LogP contribution < -0.4 is 10.6 Å². The fourth-order valence-corrected chi connectivity index (χ4v) is 2.49. The van der Waals surface area contributed by atoms with E-state index in [0.29, 0.717) is 28.1 Å². The highest BCUT2D eigenvalue weighted by Crippen LogP contribution is 2.22. The number of aromatic nitrogens is 1. The summed E-state index contributed by atoms with van der Waals surface area (Å²) in [7, 11) is 0. The van der Waals surface area contributed by atoms with Crippen molar-refractivity contribution in [2.24, 2.45) is 0 Å². The fraction of sp³-hybridized carbons (Fsp3) is 0.158. The van der Waals surface area contributed by atoms with Crippen LogP contribution in [0.1, 0.15) is 17.0 Å². The maximum atomic E-state index is 12.0. The number of benzene rings is 2. The van der Waals surface area contributed by atoms with Crippen LogP contribution in [0.25, 0.3) is 11.5 Å². The first kappa shape index (κ1) is 17.0. The Morgan fingerprint density at radius 3 is 2.64 bits per heavy atom. The van der Waals surface area contributed by atoms with Gasteiger partial charge in [-0.1, -0.05) is 35.9 Å². The minimum Gasteiger partial charge on any atom is -0.441 e. The summed E-state index contributed by atoms with van der Waals surface area (Å²) < 4.78 is 5.68. The smallest absolute Gasteiger partial charge is 0.319 e. The third kappa shape index (κ3) is 4.19. The Bertz CT molecular complexity index is 891. The Morgan fingerprint density at radius 1 is 1.16 bits per heavy atom. The van der Waals surface area contributed by atoms with Gasteiger partial charge in [-0.2, -0.15) is 0 Å². The number of hydrogen-bond donors (Lipinski definition) is 2. The summed E-state index contributed by atoms with van der Waals surface area (Å²) in [6.07, 6.45) is 0. The van der Waals surface area contributed by atoms with Gasteiger partial charge in [0.1, 0.15) is 11.5 Å². The highest BCUT2D eigenvalue weighted by Gasteiger charge is 2.12. The van der Waals surface area contributed by atoms with E-state index in [9.17, 15) is 4.79 Å². The number of carbonyl (C=O) groups excluding carboxylic acids is 1. The van der Waals surface area contributed by atoms with Crippen molar-refractivity contribution >= 4 is 23.3 Å². The zero-order chi connectivity index (χ0) is 17.8. The SMILES string of the molecule is Cc1ccc(NC(=O)NCc2nc(-c3ccccc3)oc2C)cc1Cl.